The van der Waals surface area contributed by atoms with Gasteiger partial charge in [0.1, 0.15) is 0 Å². The average Bonchev–Trinajstić information content (AvgIpc) is 2.48. The van der Waals surface area contributed by atoms with Gasteiger partial charge < -0.3 is 11.5 Å². The van der Waals surface area contributed by atoms with E-state index in [0.717, 1.165) is 17.1 Å². The molecule has 1 atom stereocenters. The molecule has 12 heteroatoms. The first-order valence-corrected chi connectivity index (χ1v) is 8.59. The van der Waals surface area contributed by atoms with Crippen LogP contribution in [0.25, 0.3) is 0 Å². The molecule has 0 aromatic rings. The number of hydrogen-bond acceptors (Lipinski definition) is 6. The van der Waals surface area contributed by atoms with E-state index in [1.807, 2.05) is 27.7 Å². The first kappa shape index (κ1) is 23.2. The topological polar surface area (TPSA) is 137 Å². The molecule has 0 spiro atoms. The van der Waals surface area contributed by atoms with Crippen molar-refractivity contribution < 1.29 is 0 Å². The number of nitrogens with one attached hydrogen (secondary N) is 4. The van der Waals surface area contributed by atoms with Gasteiger partial charge in [-0.3, -0.25) is 16.3 Å². The zero-order valence-corrected chi connectivity index (χ0v) is 17.2. The van der Waals surface area contributed by atoms with Gasteiger partial charge in [-0.2, -0.15) is 10.2 Å². The van der Waals surface area contributed by atoms with Crippen molar-refractivity contribution in [3.05, 3.63) is 0 Å². The molecule has 0 aromatic carbocycles. The zero-order chi connectivity index (χ0) is 19.4. The summed E-state index contributed by atoms with van der Waals surface area (Å²) in [6, 6.07) is 0.0817. The summed E-state index contributed by atoms with van der Waals surface area (Å²) < 4.78 is 0. The first-order chi connectivity index (χ1) is 11.6. The smallest absolute Gasteiger partial charge is 0.213 e. The van der Waals surface area contributed by atoms with Crippen molar-refractivity contribution in [2.45, 2.75) is 46.6 Å². The second-order valence-corrected chi connectivity index (χ2v) is 6.62. The van der Waals surface area contributed by atoms with Crippen LogP contribution in [-0.2, 0) is 0 Å². The summed E-state index contributed by atoms with van der Waals surface area (Å²) in [7, 11) is 0. The van der Waals surface area contributed by atoms with Gasteiger partial charge in [0.15, 0.2) is 10.2 Å². The average molecular weight is 404 g/mol. The van der Waals surface area contributed by atoms with E-state index in [1.54, 1.807) is 0 Å². The normalized spacial score (nSPS) is 13.8. The molecule has 0 amide bonds. The molecule has 0 fully saturated rings. The number of hydrazone groups is 2. The monoisotopic (exact) mass is 403 g/mol. The van der Waals surface area contributed by atoms with Gasteiger partial charge in [-0.25, -0.2) is 10.4 Å². The van der Waals surface area contributed by atoms with E-state index in [1.165, 1.54) is 0 Å². The molecule has 0 aromatic heterocycles. The highest BCUT2D eigenvalue weighted by molar-refractivity contribution is 7.80. The van der Waals surface area contributed by atoms with Crippen LogP contribution in [0.1, 0.15) is 40.5 Å². The van der Waals surface area contributed by atoms with Crippen LogP contribution >= 0.6 is 36.7 Å². The van der Waals surface area contributed by atoms with E-state index in [4.69, 9.17) is 35.9 Å². The van der Waals surface area contributed by atoms with E-state index in [0.29, 0.717) is 12.8 Å². The molecule has 0 aliphatic rings. The van der Waals surface area contributed by atoms with Crippen molar-refractivity contribution >= 4 is 69.1 Å². The number of nitrogens with zero attached hydrogens (tertiary/aromatic N) is 3. The summed E-state index contributed by atoms with van der Waals surface area (Å²) >= 11 is 14.5. The van der Waals surface area contributed by atoms with Crippen LogP contribution in [0.5, 0.6) is 0 Å². The van der Waals surface area contributed by atoms with Crippen LogP contribution in [0, 0.1) is 0 Å². The maximum absolute atomic E-state index is 5.35. The Labute approximate surface area is 164 Å². The summed E-state index contributed by atoms with van der Waals surface area (Å²) in [6.45, 7) is 7.52. The summed E-state index contributed by atoms with van der Waals surface area (Å²) in [5.74, 6) is 0. The molecule has 1 unspecified atom stereocenters. The Hall–Kier alpha value is -1.76. The lowest BCUT2D eigenvalue weighted by Crippen LogP contribution is -2.46. The fraction of sp³-hybridized carbons (Fsp3) is 0.538. The lowest BCUT2D eigenvalue weighted by atomic mass is 10.2. The molecule has 0 aliphatic carbocycles. The maximum atomic E-state index is 5.35. The van der Waals surface area contributed by atoms with Crippen LogP contribution in [-0.4, -0.2) is 38.5 Å². The van der Waals surface area contributed by atoms with Crippen LogP contribution < -0.4 is 33.2 Å². The number of aliphatic imine (C=N–C) groups is 1. The predicted octanol–water partition coefficient (Wildman–Crippen LogP) is 0.413. The Kier molecular flexibility index (Phi) is 11.7. The van der Waals surface area contributed by atoms with Gasteiger partial charge in [0.05, 0.1) is 0 Å². The quantitative estimate of drug-likeness (QED) is 0.193. The molecule has 0 rings (SSSR count). The van der Waals surface area contributed by atoms with E-state index >= 15 is 0 Å². The van der Waals surface area contributed by atoms with Gasteiger partial charge in [-0.15, -0.1) is 0 Å². The van der Waals surface area contributed by atoms with Gasteiger partial charge >= 0.3 is 0 Å². The number of nitrogens with two attached hydrogens (primary N) is 2. The molecule has 9 nitrogen and oxygen atoms in total. The molecular weight excluding hydrogens is 378 g/mol. The molecular formula is C13H25N9S3. The Morgan fingerprint density at radius 2 is 1.48 bits per heavy atom. The van der Waals surface area contributed by atoms with Crippen LogP contribution in [0.3, 0.4) is 0 Å². The van der Waals surface area contributed by atoms with Crippen LogP contribution in [0.2, 0.25) is 0 Å². The predicted molar refractivity (Wildman–Crippen MR) is 117 cm³/mol. The highest BCUT2D eigenvalue weighted by atomic mass is 32.1. The summed E-state index contributed by atoms with van der Waals surface area (Å²) in [5.41, 5.74) is 24.0. The molecule has 8 N–H and O–H groups in total. The number of rotatable bonds is 8. The molecule has 140 valence electrons. The van der Waals surface area contributed by atoms with Crippen molar-refractivity contribution in [1.29, 1.82) is 0 Å². The Morgan fingerprint density at radius 3 is 2.00 bits per heavy atom. The minimum absolute atomic E-state index is 0.0817. The van der Waals surface area contributed by atoms with Crippen LogP contribution in [0.15, 0.2) is 15.2 Å². The standard InChI is InChI=1S/C13H25N9S3/c1-7(5-8(2)17-20-11(14)23)16-13(25)22-19-10(4)6-9(3)18-21-12(15)24/h8,17H,5-6H2,1-4H3,(H,22,25)(H3,14,20,23)(H3,15,21,24)/b16-7+,18-9+,19-10+. The van der Waals surface area contributed by atoms with Crippen molar-refractivity contribution in [3.8, 4) is 0 Å². The third kappa shape index (κ3) is 14.3. The van der Waals surface area contributed by atoms with E-state index < -0.39 is 0 Å². The lowest BCUT2D eigenvalue weighted by Gasteiger charge is -2.14. The maximum Gasteiger partial charge on any atom is 0.213 e. The zero-order valence-electron chi connectivity index (χ0n) is 14.7. The largest absolute Gasteiger partial charge is 0.375 e. The summed E-state index contributed by atoms with van der Waals surface area (Å²) in [5, 5.41) is 8.75. The number of hydrazine groups is 1. The molecule has 25 heavy (non-hydrogen) atoms. The molecule has 0 aliphatic heterocycles. The second kappa shape index (κ2) is 12.6. The summed E-state index contributed by atoms with van der Waals surface area (Å²) in [6.07, 6.45) is 1.20. The Morgan fingerprint density at radius 1 is 0.920 bits per heavy atom. The van der Waals surface area contributed by atoms with Gasteiger partial charge in [-0.05, 0) is 64.3 Å². The van der Waals surface area contributed by atoms with Crippen LogP contribution in [0.4, 0.5) is 0 Å². The van der Waals surface area contributed by atoms with Crippen molar-refractivity contribution in [1.82, 2.24) is 21.7 Å². The lowest BCUT2D eigenvalue weighted by molar-refractivity contribution is 0.536. The van der Waals surface area contributed by atoms with Gasteiger partial charge in [0, 0.05) is 36.0 Å². The SMILES string of the molecule is C/C(C/C(C)=N/NC(=S)/N=C(\C)CC(C)NNC(N)=S)=N\NC(N)=S. The van der Waals surface area contributed by atoms with E-state index in [2.05, 4.69) is 49.1 Å². The molecule has 0 heterocycles. The van der Waals surface area contributed by atoms with E-state index in [-0.39, 0.29) is 21.4 Å². The van der Waals surface area contributed by atoms with Crippen molar-refractivity contribution in [2.24, 2.45) is 26.7 Å². The first-order valence-electron chi connectivity index (χ1n) is 7.37. The third-order valence-electron chi connectivity index (χ3n) is 2.55. The second-order valence-electron chi connectivity index (χ2n) is 5.35. The fourth-order valence-electron chi connectivity index (χ4n) is 1.68. The Balaban J connectivity index is 4.40. The molecule has 0 saturated carbocycles. The van der Waals surface area contributed by atoms with Gasteiger partial charge in [0.25, 0.3) is 0 Å². The minimum atomic E-state index is 0.0817. The van der Waals surface area contributed by atoms with Crippen molar-refractivity contribution in [3.63, 3.8) is 0 Å². The minimum Gasteiger partial charge on any atom is -0.375 e. The third-order valence-corrected chi connectivity index (χ3v) is 2.92. The molecule has 0 radical (unpaired) electrons. The highest BCUT2D eigenvalue weighted by Gasteiger charge is 2.04. The van der Waals surface area contributed by atoms with E-state index in [9.17, 15) is 0 Å². The number of hydrogen-bond donors (Lipinski definition) is 6. The molecule has 0 bridgehead atoms. The Bertz CT molecular complexity index is 583. The van der Waals surface area contributed by atoms with Crippen molar-refractivity contribution in [2.75, 3.05) is 0 Å². The number of thiocarbonyl (C=S) groups is 3. The molecule has 0 saturated heterocycles. The summed E-state index contributed by atoms with van der Waals surface area (Å²) in [4.78, 5) is 4.28. The fourth-order valence-corrected chi connectivity index (χ4v) is 1.98. The van der Waals surface area contributed by atoms with Gasteiger partial charge in [0.2, 0.25) is 5.11 Å². The van der Waals surface area contributed by atoms with Gasteiger partial charge in [-0.1, -0.05) is 0 Å². The highest BCUT2D eigenvalue weighted by Crippen LogP contribution is 1.95.